The minimum atomic E-state index is -4.65. The molecule has 2 rings (SSSR count). The maximum absolute atomic E-state index is 12.7. The molecule has 1 saturated heterocycles. The van der Waals surface area contributed by atoms with Gasteiger partial charge in [0, 0.05) is 31.5 Å². The highest BCUT2D eigenvalue weighted by molar-refractivity contribution is 5.94. The fourth-order valence-corrected chi connectivity index (χ4v) is 2.43. The molecule has 0 unspecified atom stereocenters. The Morgan fingerprint density at radius 1 is 1.24 bits per heavy atom. The quantitative estimate of drug-likeness (QED) is 0.912. The Balaban J connectivity index is 2.03. The summed E-state index contributed by atoms with van der Waals surface area (Å²) >= 11 is 0. The van der Waals surface area contributed by atoms with Crippen molar-refractivity contribution in [3.05, 3.63) is 35.4 Å². The van der Waals surface area contributed by atoms with Gasteiger partial charge in [-0.15, -0.1) is 0 Å². The number of hydrogen-bond donors (Lipinski definition) is 1. The Hall–Kier alpha value is -1.56. The van der Waals surface area contributed by atoms with E-state index in [2.05, 4.69) is 0 Å². The SMILES string of the molecule is CCc1ccc(C(=O)N2CCC(O)(C(F)(F)F)CC2)cc1. The van der Waals surface area contributed by atoms with E-state index in [0.29, 0.717) is 5.56 Å². The smallest absolute Gasteiger partial charge is 0.380 e. The Kier molecular flexibility index (Phi) is 4.27. The molecule has 21 heavy (non-hydrogen) atoms. The summed E-state index contributed by atoms with van der Waals surface area (Å²) in [6.45, 7) is 1.81. The highest BCUT2D eigenvalue weighted by atomic mass is 19.4. The lowest BCUT2D eigenvalue weighted by Gasteiger charge is -2.39. The second-order valence-electron chi connectivity index (χ2n) is 5.37. The normalized spacial score (nSPS) is 18.6. The summed E-state index contributed by atoms with van der Waals surface area (Å²) in [5, 5.41) is 9.58. The summed E-state index contributed by atoms with van der Waals surface area (Å²) in [5.41, 5.74) is -1.11. The predicted molar refractivity (Wildman–Crippen MR) is 72.0 cm³/mol. The van der Waals surface area contributed by atoms with Crippen molar-refractivity contribution in [2.24, 2.45) is 0 Å². The molecule has 6 heteroatoms. The van der Waals surface area contributed by atoms with Crippen molar-refractivity contribution in [1.82, 2.24) is 4.90 Å². The zero-order valence-corrected chi connectivity index (χ0v) is 11.8. The molecule has 0 bridgehead atoms. The maximum atomic E-state index is 12.7. The number of likely N-dealkylation sites (tertiary alicyclic amines) is 1. The van der Waals surface area contributed by atoms with E-state index in [4.69, 9.17) is 0 Å². The van der Waals surface area contributed by atoms with Gasteiger partial charge in [0.2, 0.25) is 0 Å². The molecule has 1 aromatic rings. The molecule has 1 heterocycles. The van der Waals surface area contributed by atoms with Gasteiger partial charge in [-0.25, -0.2) is 0 Å². The first-order valence-corrected chi connectivity index (χ1v) is 6.94. The Morgan fingerprint density at radius 2 is 1.76 bits per heavy atom. The van der Waals surface area contributed by atoms with E-state index in [0.717, 1.165) is 12.0 Å². The third kappa shape index (κ3) is 3.20. The van der Waals surface area contributed by atoms with E-state index in [-0.39, 0.29) is 19.0 Å². The number of aryl methyl sites for hydroxylation is 1. The van der Waals surface area contributed by atoms with Crippen LogP contribution in [-0.2, 0) is 6.42 Å². The van der Waals surface area contributed by atoms with Gasteiger partial charge >= 0.3 is 6.18 Å². The van der Waals surface area contributed by atoms with Gasteiger partial charge in [0.25, 0.3) is 5.91 Å². The second kappa shape index (κ2) is 5.67. The Bertz CT molecular complexity index is 503. The number of hydrogen-bond acceptors (Lipinski definition) is 2. The number of nitrogens with zero attached hydrogens (tertiary/aromatic N) is 1. The molecule has 0 aliphatic carbocycles. The number of amides is 1. The third-order valence-corrected chi connectivity index (χ3v) is 4.01. The average Bonchev–Trinajstić information content (AvgIpc) is 2.46. The minimum Gasteiger partial charge on any atom is -0.380 e. The zero-order chi connectivity index (χ0) is 15.7. The molecular weight excluding hydrogens is 283 g/mol. The Morgan fingerprint density at radius 3 is 2.19 bits per heavy atom. The van der Waals surface area contributed by atoms with Gasteiger partial charge < -0.3 is 10.0 Å². The summed E-state index contributed by atoms with van der Waals surface area (Å²) < 4.78 is 38.1. The molecule has 1 aliphatic rings. The molecule has 3 nitrogen and oxygen atoms in total. The number of benzene rings is 1. The number of carbonyl (C=O) groups excluding carboxylic acids is 1. The molecule has 1 N–H and O–H groups in total. The van der Waals surface area contributed by atoms with Crippen LogP contribution in [0.15, 0.2) is 24.3 Å². The topological polar surface area (TPSA) is 40.5 Å². The van der Waals surface area contributed by atoms with Crippen LogP contribution < -0.4 is 0 Å². The fourth-order valence-electron chi connectivity index (χ4n) is 2.43. The van der Waals surface area contributed by atoms with Crippen LogP contribution in [0.25, 0.3) is 0 Å². The summed E-state index contributed by atoms with van der Waals surface area (Å²) in [6.07, 6.45) is -4.74. The largest absolute Gasteiger partial charge is 0.417 e. The van der Waals surface area contributed by atoms with Crippen LogP contribution >= 0.6 is 0 Å². The number of halogens is 3. The van der Waals surface area contributed by atoms with Crippen LogP contribution in [0.3, 0.4) is 0 Å². The Labute approximate surface area is 121 Å². The summed E-state index contributed by atoms with van der Waals surface area (Å²) in [4.78, 5) is 13.6. The molecule has 0 saturated carbocycles. The summed E-state index contributed by atoms with van der Waals surface area (Å²) in [5.74, 6) is -0.290. The van der Waals surface area contributed by atoms with E-state index in [1.165, 1.54) is 4.90 Å². The van der Waals surface area contributed by atoms with E-state index in [9.17, 15) is 23.1 Å². The van der Waals surface area contributed by atoms with Crippen LogP contribution in [0.5, 0.6) is 0 Å². The van der Waals surface area contributed by atoms with Gasteiger partial charge in [-0.05, 0) is 24.1 Å². The second-order valence-corrected chi connectivity index (χ2v) is 5.37. The molecular formula is C15H18F3NO2. The lowest BCUT2D eigenvalue weighted by molar-refractivity contribution is -0.271. The van der Waals surface area contributed by atoms with Crippen molar-refractivity contribution in [2.45, 2.75) is 38.0 Å². The van der Waals surface area contributed by atoms with Gasteiger partial charge in [-0.1, -0.05) is 19.1 Å². The lowest BCUT2D eigenvalue weighted by atomic mass is 9.90. The minimum absolute atomic E-state index is 0.0929. The highest BCUT2D eigenvalue weighted by Crippen LogP contribution is 2.38. The van der Waals surface area contributed by atoms with Crippen molar-refractivity contribution in [2.75, 3.05) is 13.1 Å². The van der Waals surface area contributed by atoms with Gasteiger partial charge in [0.15, 0.2) is 5.60 Å². The van der Waals surface area contributed by atoms with Crippen LogP contribution in [-0.4, -0.2) is 40.8 Å². The van der Waals surface area contributed by atoms with Gasteiger partial charge in [-0.2, -0.15) is 13.2 Å². The molecule has 0 spiro atoms. The first-order valence-electron chi connectivity index (χ1n) is 6.94. The number of carbonyl (C=O) groups is 1. The molecule has 116 valence electrons. The molecule has 0 radical (unpaired) electrons. The molecule has 1 aromatic carbocycles. The van der Waals surface area contributed by atoms with Gasteiger partial charge in [0.1, 0.15) is 0 Å². The van der Waals surface area contributed by atoms with Crippen LogP contribution in [0.1, 0.15) is 35.7 Å². The van der Waals surface area contributed by atoms with Crippen LogP contribution in [0, 0.1) is 0 Å². The molecule has 1 amide bonds. The predicted octanol–water partition coefficient (Wildman–Crippen LogP) is 2.78. The van der Waals surface area contributed by atoms with Crippen molar-refractivity contribution in [3.8, 4) is 0 Å². The lowest BCUT2D eigenvalue weighted by Crippen LogP contribution is -2.54. The first kappa shape index (κ1) is 15.8. The molecule has 1 fully saturated rings. The van der Waals surface area contributed by atoms with Crippen LogP contribution in [0.4, 0.5) is 13.2 Å². The molecule has 1 aliphatic heterocycles. The van der Waals surface area contributed by atoms with Crippen molar-refractivity contribution < 1.29 is 23.1 Å². The third-order valence-electron chi connectivity index (χ3n) is 4.01. The van der Waals surface area contributed by atoms with Crippen molar-refractivity contribution in [1.29, 1.82) is 0 Å². The summed E-state index contributed by atoms with van der Waals surface area (Å²) in [7, 11) is 0. The molecule has 0 aromatic heterocycles. The van der Waals surface area contributed by atoms with E-state index < -0.39 is 24.6 Å². The first-order chi connectivity index (χ1) is 9.77. The monoisotopic (exact) mass is 301 g/mol. The number of piperidine rings is 1. The van der Waals surface area contributed by atoms with Crippen LogP contribution in [0.2, 0.25) is 0 Å². The highest BCUT2D eigenvalue weighted by Gasteiger charge is 2.54. The fraction of sp³-hybridized carbons (Fsp3) is 0.533. The van der Waals surface area contributed by atoms with E-state index in [1.807, 2.05) is 19.1 Å². The van der Waals surface area contributed by atoms with Crippen molar-refractivity contribution >= 4 is 5.91 Å². The zero-order valence-electron chi connectivity index (χ0n) is 11.8. The number of aliphatic hydroxyl groups is 1. The van der Waals surface area contributed by atoms with Gasteiger partial charge in [-0.3, -0.25) is 4.79 Å². The average molecular weight is 301 g/mol. The number of alkyl halides is 3. The van der Waals surface area contributed by atoms with E-state index >= 15 is 0 Å². The summed E-state index contributed by atoms with van der Waals surface area (Å²) in [6, 6.07) is 7.05. The van der Waals surface area contributed by atoms with Crippen molar-refractivity contribution in [3.63, 3.8) is 0 Å². The maximum Gasteiger partial charge on any atom is 0.417 e. The van der Waals surface area contributed by atoms with Gasteiger partial charge in [0.05, 0.1) is 0 Å². The standard InChI is InChI=1S/C15H18F3NO2/c1-2-11-3-5-12(6-4-11)13(20)19-9-7-14(21,8-10-19)15(16,17)18/h3-6,21H,2,7-10H2,1H3. The van der Waals surface area contributed by atoms with E-state index in [1.54, 1.807) is 12.1 Å². The number of rotatable bonds is 2. The molecule has 0 atom stereocenters.